The van der Waals surface area contributed by atoms with Gasteiger partial charge in [0.05, 0.1) is 4.90 Å². The van der Waals surface area contributed by atoms with E-state index in [1.807, 2.05) is 51.1 Å². The molecule has 0 aliphatic carbocycles. The molecule has 0 aromatic heterocycles. The molecular weight excluding hydrogens is 334 g/mol. The summed E-state index contributed by atoms with van der Waals surface area (Å²) in [7, 11) is -3.41. The van der Waals surface area contributed by atoms with Gasteiger partial charge in [-0.05, 0) is 56.9 Å². The smallest absolute Gasteiger partial charge is 0.243 e. The number of piperidine rings is 1. The fourth-order valence-corrected chi connectivity index (χ4v) is 4.67. The van der Waals surface area contributed by atoms with Crippen LogP contribution in [0.4, 0.5) is 0 Å². The summed E-state index contributed by atoms with van der Waals surface area (Å²) in [5.74, 6) is 0.933. The minimum atomic E-state index is -3.41. The molecule has 0 saturated carbocycles. The lowest BCUT2D eigenvalue weighted by Gasteiger charge is -2.32. The molecule has 0 bridgehead atoms. The third-order valence-electron chi connectivity index (χ3n) is 4.75. The Balaban J connectivity index is 1.66. The van der Waals surface area contributed by atoms with Crippen LogP contribution in [0.1, 0.15) is 29.5 Å². The zero-order valence-electron chi connectivity index (χ0n) is 15.0. The number of sulfonamides is 1. The van der Waals surface area contributed by atoms with Gasteiger partial charge < -0.3 is 4.74 Å². The van der Waals surface area contributed by atoms with Crippen LogP contribution in [-0.4, -0.2) is 31.9 Å². The molecule has 134 valence electrons. The fourth-order valence-electron chi connectivity index (χ4n) is 3.20. The molecule has 1 saturated heterocycles. The lowest BCUT2D eigenvalue weighted by molar-refractivity contribution is 0.133. The summed E-state index contributed by atoms with van der Waals surface area (Å²) >= 11 is 0. The SMILES string of the molecule is Cc1ccc(S(=O)(=O)N2CCC(Oc3c(C)cccc3C)CC2)cc1. The van der Waals surface area contributed by atoms with E-state index >= 15 is 0 Å². The monoisotopic (exact) mass is 359 g/mol. The van der Waals surface area contributed by atoms with Gasteiger partial charge in [-0.1, -0.05) is 35.9 Å². The lowest BCUT2D eigenvalue weighted by Crippen LogP contribution is -2.41. The molecule has 1 aliphatic rings. The molecule has 3 rings (SSSR count). The number of benzene rings is 2. The van der Waals surface area contributed by atoms with Gasteiger partial charge in [0.2, 0.25) is 10.0 Å². The van der Waals surface area contributed by atoms with E-state index in [4.69, 9.17) is 4.74 Å². The van der Waals surface area contributed by atoms with Crippen molar-refractivity contribution in [3.05, 3.63) is 59.2 Å². The molecule has 0 unspecified atom stereocenters. The van der Waals surface area contributed by atoms with Gasteiger partial charge in [0.25, 0.3) is 0 Å². The minimum absolute atomic E-state index is 0.0595. The second-order valence-corrected chi connectivity index (χ2v) is 8.69. The highest BCUT2D eigenvalue weighted by molar-refractivity contribution is 7.89. The summed E-state index contributed by atoms with van der Waals surface area (Å²) in [4.78, 5) is 0.368. The highest BCUT2D eigenvalue weighted by atomic mass is 32.2. The maximum absolute atomic E-state index is 12.8. The number of nitrogens with zero attached hydrogens (tertiary/aromatic N) is 1. The van der Waals surface area contributed by atoms with Crippen LogP contribution in [0.3, 0.4) is 0 Å². The van der Waals surface area contributed by atoms with Crippen molar-refractivity contribution in [3.8, 4) is 5.75 Å². The number of hydrogen-bond acceptors (Lipinski definition) is 3. The zero-order valence-corrected chi connectivity index (χ0v) is 15.8. The standard InChI is InChI=1S/C20H25NO3S/c1-15-7-9-19(10-8-15)25(22,23)21-13-11-18(12-14-21)24-20-16(2)5-4-6-17(20)3/h4-10,18H,11-14H2,1-3H3. The Morgan fingerprint density at radius 2 is 1.48 bits per heavy atom. The lowest BCUT2D eigenvalue weighted by atomic mass is 10.1. The third-order valence-corrected chi connectivity index (χ3v) is 6.67. The number of para-hydroxylation sites is 1. The molecule has 0 N–H and O–H groups in total. The van der Waals surface area contributed by atoms with Gasteiger partial charge in [0.1, 0.15) is 11.9 Å². The molecule has 1 heterocycles. The van der Waals surface area contributed by atoms with Gasteiger partial charge in [-0.25, -0.2) is 8.42 Å². The maximum atomic E-state index is 12.8. The highest BCUT2D eigenvalue weighted by Crippen LogP contribution is 2.28. The Morgan fingerprint density at radius 3 is 2.04 bits per heavy atom. The van der Waals surface area contributed by atoms with E-state index in [0.717, 1.165) is 22.4 Å². The molecule has 0 atom stereocenters. The molecule has 1 fully saturated rings. The van der Waals surface area contributed by atoms with E-state index < -0.39 is 10.0 Å². The Labute approximate surface area is 150 Å². The van der Waals surface area contributed by atoms with Crippen molar-refractivity contribution in [3.63, 3.8) is 0 Å². The average molecular weight is 359 g/mol. The van der Waals surface area contributed by atoms with Crippen molar-refractivity contribution in [2.45, 2.75) is 44.6 Å². The molecule has 5 heteroatoms. The summed E-state index contributed by atoms with van der Waals surface area (Å²) < 4.78 is 33.3. The van der Waals surface area contributed by atoms with Gasteiger partial charge in [0.15, 0.2) is 0 Å². The Hall–Kier alpha value is -1.85. The van der Waals surface area contributed by atoms with Crippen LogP contribution in [0.15, 0.2) is 47.4 Å². The van der Waals surface area contributed by atoms with Crippen molar-refractivity contribution in [1.29, 1.82) is 0 Å². The second-order valence-electron chi connectivity index (χ2n) is 6.76. The van der Waals surface area contributed by atoms with Crippen LogP contribution in [0, 0.1) is 20.8 Å². The zero-order chi connectivity index (χ0) is 18.0. The van der Waals surface area contributed by atoms with Crippen molar-refractivity contribution >= 4 is 10.0 Å². The van der Waals surface area contributed by atoms with Crippen molar-refractivity contribution in [2.24, 2.45) is 0 Å². The Kier molecular flexibility index (Phi) is 5.16. The first-order chi connectivity index (χ1) is 11.9. The molecule has 4 nitrogen and oxygen atoms in total. The Morgan fingerprint density at radius 1 is 0.920 bits per heavy atom. The van der Waals surface area contributed by atoms with Gasteiger partial charge >= 0.3 is 0 Å². The van der Waals surface area contributed by atoms with Crippen molar-refractivity contribution in [1.82, 2.24) is 4.31 Å². The van der Waals surface area contributed by atoms with E-state index in [0.29, 0.717) is 30.8 Å². The largest absolute Gasteiger partial charge is 0.490 e. The average Bonchev–Trinajstić information content (AvgIpc) is 2.59. The molecule has 25 heavy (non-hydrogen) atoms. The normalized spacial score (nSPS) is 16.8. The second kappa shape index (κ2) is 7.18. The van der Waals surface area contributed by atoms with Crippen LogP contribution < -0.4 is 4.74 Å². The molecule has 0 amide bonds. The Bertz CT molecular complexity index is 815. The van der Waals surface area contributed by atoms with E-state index in [1.54, 1.807) is 16.4 Å². The van der Waals surface area contributed by atoms with Crippen LogP contribution in [-0.2, 0) is 10.0 Å². The van der Waals surface area contributed by atoms with Crippen LogP contribution in [0.2, 0.25) is 0 Å². The molecule has 1 aliphatic heterocycles. The first kappa shape index (κ1) is 18.0. The molecule has 0 radical (unpaired) electrons. The molecule has 2 aromatic carbocycles. The van der Waals surface area contributed by atoms with Crippen LogP contribution >= 0.6 is 0 Å². The summed E-state index contributed by atoms with van der Waals surface area (Å²) in [5, 5.41) is 0. The summed E-state index contributed by atoms with van der Waals surface area (Å²) in [6.45, 7) is 7.02. The van der Waals surface area contributed by atoms with Crippen molar-refractivity contribution < 1.29 is 13.2 Å². The predicted molar refractivity (Wildman–Crippen MR) is 99.5 cm³/mol. The van der Waals surface area contributed by atoms with Gasteiger partial charge in [0, 0.05) is 13.1 Å². The number of hydrogen-bond donors (Lipinski definition) is 0. The number of aryl methyl sites for hydroxylation is 3. The fraction of sp³-hybridized carbons (Fsp3) is 0.400. The topological polar surface area (TPSA) is 46.6 Å². The first-order valence-corrected chi connectivity index (χ1v) is 10.1. The van der Waals surface area contributed by atoms with Gasteiger partial charge in [-0.2, -0.15) is 4.31 Å². The quantitative estimate of drug-likeness (QED) is 0.833. The summed E-state index contributed by atoms with van der Waals surface area (Å²) in [6, 6.07) is 13.1. The first-order valence-electron chi connectivity index (χ1n) is 8.67. The van der Waals surface area contributed by atoms with Crippen LogP contribution in [0.25, 0.3) is 0 Å². The van der Waals surface area contributed by atoms with E-state index in [-0.39, 0.29) is 6.10 Å². The van der Waals surface area contributed by atoms with E-state index in [1.165, 1.54) is 0 Å². The van der Waals surface area contributed by atoms with Crippen LogP contribution in [0.5, 0.6) is 5.75 Å². The van der Waals surface area contributed by atoms with Gasteiger partial charge in [-0.15, -0.1) is 0 Å². The number of ether oxygens (including phenoxy) is 1. The van der Waals surface area contributed by atoms with E-state index in [2.05, 4.69) is 0 Å². The predicted octanol–water partition coefficient (Wildman–Crippen LogP) is 3.84. The van der Waals surface area contributed by atoms with Crippen molar-refractivity contribution in [2.75, 3.05) is 13.1 Å². The molecule has 0 spiro atoms. The highest BCUT2D eigenvalue weighted by Gasteiger charge is 2.30. The minimum Gasteiger partial charge on any atom is -0.490 e. The summed E-state index contributed by atoms with van der Waals surface area (Å²) in [6.07, 6.45) is 1.47. The summed E-state index contributed by atoms with van der Waals surface area (Å²) in [5.41, 5.74) is 3.30. The van der Waals surface area contributed by atoms with Gasteiger partial charge in [-0.3, -0.25) is 0 Å². The molecule has 2 aromatic rings. The maximum Gasteiger partial charge on any atom is 0.243 e. The van der Waals surface area contributed by atoms with E-state index in [9.17, 15) is 8.42 Å². The third kappa shape index (κ3) is 3.88. The number of rotatable bonds is 4. The molecular formula is C20H25NO3S.